The van der Waals surface area contributed by atoms with E-state index >= 15 is 0 Å². The van der Waals surface area contributed by atoms with Crippen molar-refractivity contribution >= 4 is 21.4 Å². The molecule has 1 N–H and O–H groups in total. The second-order valence-corrected chi connectivity index (χ2v) is 8.06. The molecule has 0 unspecified atom stereocenters. The van der Waals surface area contributed by atoms with E-state index in [1.54, 1.807) is 43.0 Å². The van der Waals surface area contributed by atoms with Gasteiger partial charge in [-0.2, -0.15) is 0 Å². The van der Waals surface area contributed by atoms with E-state index < -0.39 is 10.0 Å². The van der Waals surface area contributed by atoms with Crippen LogP contribution in [-0.4, -0.2) is 34.5 Å². The van der Waals surface area contributed by atoms with Crippen molar-refractivity contribution in [3.05, 3.63) is 47.9 Å². The lowest BCUT2D eigenvalue weighted by Crippen LogP contribution is -2.27. The van der Waals surface area contributed by atoms with Crippen molar-refractivity contribution in [2.45, 2.75) is 17.7 Å². The van der Waals surface area contributed by atoms with Crippen LogP contribution in [0, 0.1) is 6.92 Å². The number of sulfonamides is 1. The molecule has 0 saturated heterocycles. The molecule has 0 radical (unpaired) electrons. The zero-order valence-corrected chi connectivity index (χ0v) is 14.0. The van der Waals surface area contributed by atoms with Crippen molar-refractivity contribution in [3.63, 3.8) is 0 Å². The van der Waals surface area contributed by atoms with Gasteiger partial charge in [-0.3, -0.25) is 0 Å². The van der Waals surface area contributed by atoms with Gasteiger partial charge in [0, 0.05) is 42.8 Å². The molecule has 0 bridgehead atoms. The van der Waals surface area contributed by atoms with Crippen molar-refractivity contribution in [2.24, 2.45) is 0 Å². The molecule has 9 heteroatoms. The predicted octanol–water partition coefficient (Wildman–Crippen LogP) is 1.69. The van der Waals surface area contributed by atoms with E-state index in [9.17, 15) is 8.42 Å². The predicted molar refractivity (Wildman–Crippen MR) is 87.5 cm³/mol. The monoisotopic (exact) mass is 349 g/mol. The lowest BCUT2D eigenvalue weighted by molar-refractivity contribution is 0.575. The Bertz CT molecular complexity index is 887. The van der Waals surface area contributed by atoms with Crippen LogP contribution in [0.15, 0.2) is 47.2 Å². The van der Waals surface area contributed by atoms with Gasteiger partial charge < -0.3 is 4.57 Å². The number of aryl methyl sites for hydroxylation is 1. The fourth-order valence-corrected chi connectivity index (χ4v) is 4.39. The Morgan fingerprint density at radius 2 is 1.96 bits per heavy atom. The fourth-order valence-electron chi connectivity index (χ4n) is 2.04. The lowest BCUT2D eigenvalue weighted by Gasteiger charge is -2.08. The van der Waals surface area contributed by atoms with Gasteiger partial charge in [0.15, 0.2) is 11.6 Å². The third kappa shape index (κ3) is 3.63. The summed E-state index contributed by atoms with van der Waals surface area (Å²) < 4.78 is 29.1. The summed E-state index contributed by atoms with van der Waals surface area (Å²) in [6.45, 7) is 2.58. The van der Waals surface area contributed by atoms with Crippen LogP contribution in [0.4, 0.5) is 0 Å². The van der Waals surface area contributed by atoms with Crippen LogP contribution in [0.25, 0.3) is 11.6 Å². The van der Waals surface area contributed by atoms with Crippen molar-refractivity contribution in [3.8, 4) is 11.6 Å². The average molecular weight is 349 g/mol. The molecule has 7 nitrogen and oxygen atoms in total. The highest BCUT2D eigenvalue weighted by Crippen LogP contribution is 2.20. The van der Waals surface area contributed by atoms with E-state index in [1.165, 1.54) is 11.3 Å². The summed E-state index contributed by atoms with van der Waals surface area (Å²) in [5, 5.41) is 0. The summed E-state index contributed by atoms with van der Waals surface area (Å²) in [5.41, 5.74) is 0. The summed E-state index contributed by atoms with van der Waals surface area (Å²) in [6.07, 6.45) is 6.70. The molecule has 0 atom stereocenters. The highest BCUT2D eigenvalue weighted by atomic mass is 32.2. The van der Waals surface area contributed by atoms with Gasteiger partial charge in [-0.05, 0) is 25.1 Å². The molecule has 0 aliphatic heterocycles. The molecule has 120 valence electrons. The van der Waals surface area contributed by atoms with Gasteiger partial charge in [-0.1, -0.05) is 0 Å². The molecule has 0 fully saturated rings. The maximum absolute atomic E-state index is 12.2. The van der Waals surface area contributed by atoms with Crippen LogP contribution in [0.1, 0.15) is 4.88 Å². The van der Waals surface area contributed by atoms with Crippen LogP contribution in [0.2, 0.25) is 0 Å². The fraction of sp³-hybridized carbons (Fsp3) is 0.214. The van der Waals surface area contributed by atoms with Crippen LogP contribution < -0.4 is 4.72 Å². The van der Waals surface area contributed by atoms with Crippen LogP contribution >= 0.6 is 11.3 Å². The SMILES string of the molecule is Cc1ccc(S(=O)(=O)NCCn2ccnc2-c2ncccn2)s1. The van der Waals surface area contributed by atoms with Crippen LogP contribution in [0.3, 0.4) is 0 Å². The Morgan fingerprint density at radius 3 is 2.65 bits per heavy atom. The smallest absolute Gasteiger partial charge is 0.250 e. The lowest BCUT2D eigenvalue weighted by atomic mass is 10.5. The van der Waals surface area contributed by atoms with Gasteiger partial charge in [0.25, 0.3) is 0 Å². The molecule has 3 rings (SSSR count). The number of hydrogen-bond donors (Lipinski definition) is 1. The molecule has 3 aromatic rings. The highest BCUT2D eigenvalue weighted by Gasteiger charge is 2.16. The summed E-state index contributed by atoms with van der Waals surface area (Å²) in [5.74, 6) is 1.12. The first kappa shape index (κ1) is 15.8. The summed E-state index contributed by atoms with van der Waals surface area (Å²) in [4.78, 5) is 13.5. The molecule has 3 aromatic heterocycles. The van der Waals surface area contributed by atoms with E-state index in [2.05, 4.69) is 19.7 Å². The quantitative estimate of drug-likeness (QED) is 0.731. The average Bonchev–Trinajstić information content (AvgIpc) is 3.17. The molecular formula is C14H15N5O2S2. The molecular weight excluding hydrogens is 334 g/mol. The summed E-state index contributed by atoms with van der Waals surface area (Å²) in [7, 11) is -3.47. The Morgan fingerprint density at radius 1 is 1.17 bits per heavy atom. The molecule has 0 spiro atoms. The van der Waals surface area contributed by atoms with Crippen molar-refractivity contribution in [2.75, 3.05) is 6.54 Å². The Labute approximate surface area is 138 Å². The van der Waals surface area contributed by atoms with Gasteiger partial charge >= 0.3 is 0 Å². The molecule has 0 saturated carbocycles. The second kappa shape index (κ2) is 6.57. The first-order valence-electron chi connectivity index (χ1n) is 6.91. The topological polar surface area (TPSA) is 89.8 Å². The van der Waals surface area contributed by atoms with E-state index in [4.69, 9.17) is 0 Å². The third-order valence-corrected chi connectivity index (χ3v) is 6.06. The van der Waals surface area contributed by atoms with E-state index in [1.807, 2.05) is 11.5 Å². The maximum Gasteiger partial charge on any atom is 0.250 e. The van der Waals surface area contributed by atoms with E-state index in [0.717, 1.165) is 4.88 Å². The number of hydrogen-bond acceptors (Lipinski definition) is 6. The first-order chi connectivity index (χ1) is 11.1. The molecule has 23 heavy (non-hydrogen) atoms. The number of thiophene rings is 1. The summed E-state index contributed by atoms with van der Waals surface area (Å²) >= 11 is 1.25. The van der Waals surface area contributed by atoms with Gasteiger partial charge in [0.1, 0.15) is 4.21 Å². The first-order valence-corrected chi connectivity index (χ1v) is 9.21. The Kier molecular flexibility index (Phi) is 4.51. The van der Waals surface area contributed by atoms with Crippen LogP contribution in [0.5, 0.6) is 0 Å². The zero-order chi connectivity index (χ0) is 16.3. The molecule has 0 aliphatic rings. The minimum atomic E-state index is -3.47. The van der Waals surface area contributed by atoms with E-state index in [-0.39, 0.29) is 6.54 Å². The number of rotatable bonds is 6. The third-order valence-electron chi connectivity index (χ3n) is 3.11. The highest BCUT2D eigenvalue weighted by molar-refractivity contribution is 7.91. The van der Waals surface area contributed by atoms with Gasteiger partial charge in [0.2, 0.25) is 10.0 Å². The van der Waals surface area contributed by atoms with Gasteiger partial charge in [-0.15, -0.1) is 11.3 Å². The number of nitrogens with zero attached hydrogens (tertiary/aromatic N) is 4. The Balaban J connectivity index is 1.67. The minimum Gasteiger partial charge on any atom is -0.327 e. The number of imidazole rings is 1. The Hall–Kier alpha value is -2.10. The maximum atomic E-state index is 12.2. The standard InChI is InChI=1S/C14H15N5O2S2/c1-11-3-4-12(22-11)23(20,21)18-8-10-19-9-7-17-14(19)13-15-5-2-6-16-13/h2-7,9,18H,8,10H2,1H3. The summed E-state index contributed by atoms with van der Waals surface area (Å²) in [6, 6.07) is 5.14. The van der Waals surface area contributed by atoms with Crippen molar-refractivity contribution in [1.29, 1.82) is 0 Å². The normalized spacial score (nSPS) is 11.7. The second-order valence-electron chi connectivity index (χ2n) is 4.78. The molecule has 0 aromatic carbocycles. The van der Waals surface area contributed by atoms with Crippen molar-refractivity contribution in [1.82, 2.24) is 24.2 Å². The van der Waals surface area contributed by atoms with Gasteiger partial charge in [-0.25, -0.2) is 28.1 Å². The minimum absolute atomic E-state index is 0.259. The molecule has 0 aliphatic carbocycles. The van der Waals surface area contributed by atoms with Crippen molar-refractivity contribution < 1.29 is 8.42 Å². The van der Waals surface area contributed by atoms with Crippen LogP contribution in [-0.2, 0) is 16.6 Å². The largest absolute Gasteiger partial charge is 0.327 e. The van der Waals surface area contributed by atoms with Gasteiger partial charge in [0.05, 0.1) is 0 Å². The van der Waals surface area contributed by atoms with E-state index in [0.29, 0.717) is 22.4 Å². The molecule has 0 amide bonds. The zero-order valence-electron chi connectivity index (χ0n) is 12.4. The number of aromatic nitrogens is 4. The number of nitrogens with one attached hydrogen (secondary N) is 1. The molecule has 3 heterocycles.